The topological polar surface area (TPSA) is 38.4 Å². The van der Waals surface area contributed by atoms with Gasteiger partial charge in [-0.15, -0.1) is 0 Å². The number of hydrogen-bond donors (Lipinski definition) is 1. The smallest absolute Gasteiger partial charge is 0.126 e. The molecule has 64 valence electrons. The molecule has 0 aliphatic carbocycles. The summed E-state index contributed by atoms with van der Waals surface area (Å²) < 4.78 is 12.6. The highest BCUT2D eigenvalue weighted by Crippen LogP contribution is 2.24. The van der Waals surface area contributed by atoms with E-state index in [2.05, 4.69) is 5.10 Å². The fourth-order valence-electron chi connectivity index (χ4n) is 0.751. The number of hydrogen-bond acceptors (Lipinski definition) is 2. The Balaban J connectivity index is 3.28. The second kappa shape index (κ2) is 3.74. The first-order chi connectivity index (χ1) is 5.65. The van der Waals surface area contributed by atoms with Crippen molar-refractivity contribution in [2.45, 2.75) is 0 Å². The van der Waals surface area contributed by atoms with Crippen LogP contribution in [0.5, 0.6) is 0 Å². The largest absolute Gasteiger partial charge is 0.323 e. The molecule has 1 rings (SSSR count). The Morgan fingerprint density at radius 3 is 2.25 bits per heavy atom. The van der Waals surface area contributed by atoms with E-state index < -0.39 is 5.82 Å². The van der Waals surface area contributed by atoms with Gasteiger partial charge < -0.3 is 5.84 Å². The van der Waals surface area contributed by atoms with Crippen LogP contribution in [0.4, 0.5) is 4.39 Å². The molecule has 2 N–H and O–H groups in total. The molecule has 0 aromatic heterocycles. The van der Waals surface area contributed by atoms with Gasteiger partial charge in [0.15, 0.2) is 0 Å². The van der Waals surface area contributed by atoms with Gasteiger partial charge in [0.1, 0.15) is 5.82 Å². The van der Waals surface area contributed by atoms with Crippen molar-refractivity contribution in [3.8, 4) is 0 Å². The van der Waals surface area contributed by atoms with Gasteiger partial charge in [0.05, 0.1) is 16.3 Å². The van der Waals surface area contributed by atoms with Crippen molar-refractivity contribution in [2.75, 3.05) is 0 Å². The Kier molecular flexibility index (Phi) is 2.89. The summed E-state index contributed by atoms with van der Waals surface area (Å²) in [5.74, 6) is 4.41. The van der Waals surface area contributed by atoms with E-state index in [4.69, 9.17) is 29.0 Å². The Bertz CT molecular complexity index is 302. The number of nitrogens with zero attached hydrogens (tertiary/aromatic N) is 1. The molecule has 0 saturated heterocycles. The van der Waals surface area contributed by atoms with Gasteiger partial charge in [-0.3, -0.25) is 0 Å². The average Bonchev–Trinajstić information content (AvgIpc) is 1.96. The molecule has 1 aromatic rings. The van der Waals surface area contributed by atoms with Gasteiger partial charge >= 0.3 is 0 Å². The molecule has 0 radical (unpaired) electrons. The third-order valence-corrected chi connectivity index (χ3v) is 1.87. The first-order valence-corrected chi connectivity index (χ1v) is 3.78. The lowest BCUT2D eigenvalue weighted by Crippen LogP contribution is -1.90. The zero-order valence-electron chi connectivity index (χ0n) is 5.89. The molecule has 0 spiro atoms. The zero-order valence-corrected chi connectivity index (χ0v) is 7.40. The molecule has 0 unspecified atom stereocenters. The number of benzene rings is 1. The summed E-state index contributed by atoms with van der Waals surface area (Å²) in [6.07, 6.45) is 1.27. The zero-order chi connectivity index (χ0) is 9.14. The molecule has 0 heterocycles. The van der Waals surface area contributed by atoms with Crippen LogP contribution < -0.4 is 5.84 Å². The molecule has 5 heteroatoms. The van der Waals surface area contributed by atoms with Crippen LogP contribution in [0.15, 0.2) is 17.2 Å². The van der Waals surface area contributed by atoms with Crippen molar-refractivity contribution in [2.24, 2.45) is 10.9 Å². The maximum Gasteiger partial charge on any atom is 0.126 e. The Hall–Kier alpha value is -0.800. The van der Waals surface area contributed by atoms with E-state index in [0.29, 0.717) is 5.56 Å². The minimum Gasteiger partial charge on any atom is -0.323 e. The molecule has 1 aromatic carbocycles. The fourth-order valence-corrected chi connectivity index (χ4v) is 1.31. The summed E-state index contributed by atoms with van der Waals surface area (Å²) in [6.45, 7) is 0. The van der Waals surface area contributed by atoms with Crippen LogP contribution in [0.25, 0.3) is 0 Å². The Morgan fingerprint density at radius 2 is 1.83 bits per heavy atom. The van der Waals surface area contributed by atoms with Crippen LogP contribution in [-0.2, 0) is 0 Å². The van der Waals surface area contributed by atoms with Crippen molar-refractivity contribution in [3.05, 3.63) is 33.6 Å². The number of hydrazone groups is 1. The molecule has 2 nitrogen and oxygen atoms in total. The highest BCUT2D eigenvalue weighted by atomic mass is 35.5. The summed E-state index contributed by atoms with van der Waals surface area (Å²) in [7, 11) is 0. The van der Waals surface area contributed by atoms with Gasteiger partial charge in [-0.05, 0) is 12.1 Å². The average molecular weight is 207 g/mol. The van der Waals surface area contributed by atoms with Crippen molar-refractivity contribution in [3.63, 3.8) is 0 Å². The normalized spacial score (nSPS) is 10.9. The first kappa shape index (κ1) is 9.29. The summed E-state index contributed by atoms with van der Waals surface area (Å²) in [6, 6.07) is 2.29. The predicted molar refractivity (Wildman–Crippen MR) is 48.2 cm³/mol. The highest BCUT2D eigenvalue weighted by molar-refractivity contribution is 6.38. The Labute approximate surface area is 78.8 Å². The van der Waals surface area contributed by atoms with E-state index in [0.717, 1.165) is 12.1 Å². The predicted octanol–water partition coefficient (Wildman–Crippen LogP) is 2.43. The lowest BCUT2D eigenvalue weighted by atomic mass is 10.2. The third-order valence-electron chi connectivity index (χ3n) is 1.25. The van der Waals surface area contributed by atoms with Gasteiger partial charge in [-0.25, -0.2) is 4.39 Å². The Morgan fingerprint density at radius 1 is 1.33 bits per heavy atom. The van der Waals surface area contributed by atoms with E-state index in [1.165, 1.54) is 6.21 Å². The molecule has 12 heavy (non-hydrogen) atoms. The summed E-state index contributed by atoms with van der Waals surface area (Å²) >= 11 is 11.3. The summed E-state index contributed by atoms with van der Waals surface area (Å²) in [5, 5.41) is 3.62. The minimum absolute atomic E-state index is 0.189. The fraction of sp³-hybridized carbons (Fsp3) is 0. The van der Waals surface area contributed by atoms with E-state index in [1.54, 1.807) is 0 Å². The molecular formula is C7H5Cl2FN2. The van der Waals surface area contributed by atoms with Crippen LogP contribution in [0.3, 0.4) is 0 Å². The maximum atomic E-state index is 12.6. The van der Waals surface area contributed by atoms with Crippen molar-refractivity contribution in [1.29, 1.82) is 0 Å². The summed E-state index contributed by atoms with van der Waals surface area (Å²) in [4.78, 5) is 0. The molecule has 0 atom stereocenters. The number of halogens is 3. The van der Waals surface area contributed by atoms with Crippen molar-refractivity contribution >= 4 is 29.4 Å². The third kappa shape index (κ3) is 1.87. The molecule has 0 aliphatic heterocycles. The van der Waals surface area contributed by atoms with Gasteiger partial charge in [0, 0.05) is 5.56 Å². The van der Waals surface area contributed by atoms with Crippen LogP contribution in [0.2, 0.25) is 10.0 Å². The van der Waals surface area contributed by atoms with Gasteiger partial charge in [-0.2, -0.15) is 5.10 Å². The van der Waals surface area contributed by atoms with Crippen molar-refractivity contribution in [1.82, 2.24) is 0 Å². The van der Waals surface area contributed by atoms with Gasteiger partial charge in [0.2, 0.25) is 0 Å². The molecule has 0 bridgehead atoms. The monoisotopic (exact) mass is 206 g/mol. The quantitative estimate of drug-likeness (QED) is 0.428. The highest BCUT2D eigenvalue weighted by Gasteiger charge is 2.05. The first-order valence-electron chi connectivity index (χ1n) is 3.03. The molecular weight excluding hydrogens is 202 g/mol. The second-order valence-corrected chi connectivity index (χ2v) is 2.88. The van der Waals surface area contributed by atoms with E-state index in [1.807, 2.05) is 0 Å². The minimum atomic E-state index is -0.487. The van der Waals surface area contributed by atoms with E-state index in [9.17, 15) is 4.39 Å². The molecule has 0 fully saturated rings. The van der Waals surface area contributed by atoms with Crippen LogP contribution in [0.1, 0.15) is 5.56 Å². The maximum absolute atomic E-state index is 12.6. The van der Waals surface area contributed by atoms with Crippen LogP contribution in [-0.4, -0.2) is 6.21 Å². The lowest BCUT2D eigenvalue weighted by molar-refractivity contribution is 0.628. The second-order valence-electron chi connectivity index (χ2n) is 2.06. The molecule has 0 saturated carbocycles. The van der Waals surface area contributed by atoms with Crippen LogP contribution in [0, 0.1) is 5.82 Å². The lowest BCUT2D eigenvalue weighted by Gasteiger charge is -1.99. The summed E-state index contributed by atoms with van der Waals surface area (Å²) in [5.41, 5.74) is 0.419. The van der Waals surface area contributed by atoms with Crippen LogP contribution >= 0.6 is 23.2 Å². The molecule has 0 amide bonds. The number of rotatable bonds is 1. The van der Waals surface area contributed by atoms with Crippen molar-refractivity contribution < 1.29 is 4.39 Å². The van der Waals surface area contributed by atoms with Gasteiger partial charge in [0.25, 0.3) is 0 Å². The molecule has 0 aliphatic rings. The van der Waals surface area contributed by atoms with Gasteiger partial charge in [-0.1, -0.05) is 23.2 Å². The van der Waals surface area contributed by atoms with E-state index >= 15 is 0 Å². The number of nitrogens with two attached hydrogens (primary N) is 1. The standard InChI is InChI=1S/C7H5Cl2FN2/c8-6-1-4(10)2-7(9)5(6)3-12-11/h1-3H,11H2/b12-3+. The SMILES string of the molecule is N/N=C/c1c(Cl)cc(F)cc1Cl. The van der Waals surface area contributed by atoms with E-state index in [-0.39, 0.29) is 10.0 Å².